The average molecular weight is 295 g/mol. The van der Waals surface area contributed by atoms with Gasteiger partial charge in [-0.1, -0.05) is 12.1 Å². The summed E-state index contributed by atoms with van der Waals surface area (Å²) in [5, 5.41) is 8.88. The van der Waals surface area contributed by atoms with Crippen LogP contribution < -0.4 is 0 Å². The molecular weight excluding hydrogens is 280 g/mol. The Morgan fingerprint density at radius 3 is 2.52 bits per heavy atom. The number of hydrogen-bond donors (Lipinski definition) is 1. The monoisotopic (exact) mass is 295 g/mol. The number of carboxylic acids is 1. The number of amides is 1. The van der Waals surface area contributed by atoms with Crippen LogP contribution >= 0.6 is 0 Å². The number of rotatable bonds is 3. The van der Waals surface area contributed by atoms with Gasteiger partial charge >= 0.3 is 5.97 Å². The van der Waals surface area contributed by atoms with Crippen molar-refractivity contribution in [2.24, 2.45) is 5.92 Å². The van der Waals surface area contributed by atoms with Crippen molar-refractivity contribution < 1.29 is 23.5 Å². The van der Waals surface area contributed by atoms with E-state index < -0.39 is 23.5 Å². The average Bonchev–Trinajstić information content (AvgIpc) is 2.48. The van der Waals surface area contributed by atoms with Crippen molar-refractivity contribution in [3.05, 3.63) is 41.5 Å². The molecule has 1 aromatic rings. The highest BCUT2D eigenvalue weighted by Gasteiger charge is 2.25. The highest BCUT2D eigenvalue weighted by Crippen LogP contribution is 2.18. The molecule has 0 aromatic heterocycles. The molecule has 21 heavy (non-hydrogen) atoms. The molecule has 0 radical (unpaired) electrons. The van der Waals surface area contributed by atoms with Gasteiger partial charge in [-0.25, -0.2) is 8.78 Å². The van der Waals surface area contributed by atoms with E-state index in [1.807, 2.05) is 0 Å². The molecule has 6 heteroatoms. The van der Waals surface area contributed by atoms with E-state index in [0.717, 1.165) is 6.07 Å². The molecule has 1 heterocycles. The number of aliphatic carboxylic acids is 1. The maximum absolute atomic E-state index is 13.4. The van der Waals surface area contributed by atoms with Crippen LogP contribution in [0.5, 0.6) is 0 Å². The smallest absolute Gasteiger partial charge is 0.306 e. The first kappa shape index (κ1) is 15.2. The molecule has 1 aromatic carbocycles. The molecule has 4 nitrogen and oxygen atoms in total. The van der Waals surface area contributed by atoms with Gasteiger partial charge in [-0.05, 0) is 25.0 Å². The quantitative estimate of drug-likeness (QED) is 0.871. The molecule has 1 saturated heterocycles. The second-order valence-corrected chi connectivity index (χ2v) is 4.91. The topological polar surface area (TPSA) is 57.6 Å². The molecule has 112 valence electrons. The standard InChI is InChI=1S/C15H15F2NO3/c16-12-3-1-2-10(14(12)17)4-5-13(19)18-8-6-11(7-9-18)15(20)21/h1-5,11H,6-9H2,(H,20,21)/b5-4+. The lowest BCUT2D eigenvalue weighted by atomic mass is 9.97. The fourth-order valence-electron chi connectivity index (χ4n) is 2.26. The lowest BCUT2D eigenvalue weighted by Crippen LogP contribution is -2.39. The first-order valence-corrected chi connectivity index (χ1v) is 6.63. The summed E-state index contributed by atoms with van der Waals surface area (Å²) < 4.78 is 26.4. The largest absolute Gasteiger partial charge is 0.481 e. The van der Waals surface area contributed by atoms with Crippen molar-refractivity contribution in [1.29, 1.82) is 0 Å². The zero-order valence-electron chi connectivity index (χ0n) is 11.3. The van der Waals surface area contributed by atoms with E-state index in [0.29, 0.717) is 25.9 Å². The molecule has 0 aliphatic carbocycles. The minimum absolute atomic E-state index is 0.00349. The van der Waals surface area contributed by atoms with Gasteiger partial charge in [0.05, 0.1) is 5.92 Å². The Labute approximate surface area is 120 Å². The number of carboxylic acid groups (broad SMARTS) is 1. The minimum Gasteiger partial charge on any atom is -0.481 e. The van der Waals surface area contributed by atoms with Gasteiger partial charge in [-0.2, -0.15) is 0 Å². The summed E-state index contributed by atoms with van der Waals surface area (Å²) >= 11 is 0. The number of hydrogen-bond acceptors (Lipinski definition) is 2. The minimum atomic E-state index is -0.994. The third-order valence-electron chi connectivity index (χ3n) is 3.54. The van der Waals surface area contributed by atoms with Gasteiger partial charge in [0.1, 0.15) is 0 Å². The molecule has 2 rings (SSSR count). The second kappa shape index (κ2) is 6.47. The summed E-state index contributed by atoms with van der Waals surface area (Å²) in [6.45, 7) is 0.706. The van der Waals surface area contributed by atoms with Crippen LogP contribution in [0.4, 0.5) is 8.78 Å². The van der Waals surface area contributed by atoms with Crippen LogP contribution in [0.1, 0.15) is 18.4 Å². The zero-order valence-corrected chi connectivity index (χ0v) is 11.3. The number of likely N-dealkylation sites (tertiary alicyclic amines) is 1. The lowest BCUT2D eigenvalue weighted by Gasteiger charge is -2.29. The highest BCUT2D eigenvalue weighted by molar-refractivity contribution is 5.92. The number of piperidine rings is 1. The number of carbonyl (C=O) groups is 2. The number of benzene rings is 1. The normalized spacial score (nSPS) is 16.4. The third kappa shape index (κ3) is 3.65. The first-order valence-electron chi connectivity index (χ1n) is 6.63. The summed E-state index contributed by atoms with van der Waals surface area (Å²) in [7, 11) is 0. The van der Waals surface area contributed by atoms with Gasteiger partial charge in [0.25, 0.3) is 0 Å². The first-order chi connectivity index (χ1) is 9.99. The molecule has 0 saturated carbocycles. The van der Waals surface area contributed by atoms with Gasteiger partial charge < -0.3 is 10.0 Å². The molecule has 0 bridgehead atoms. The predicted molar refractivity (Wildman–Crippen MR) is 72.3 cm³/mol. The van der Waals surface area contributed by atoms with Crippen LogP contribution in [-0.4, -0.2) is 35.0 Å². The third-order valence-corrected chi connectivity index (χ3v) is 3.54. The van der Waals surface area contributed by atoms with E-state index in [2.05, 4.69) is 0 Å². The van der Waals surface area contributed by atoms with Crippen molar-refractivity contribution in [1.82, 2.24) is 4.90 Å². The Morgan fingerprint density at radius 1 is 1.24 bits per heavy atom. The molecule has 0 atom stereocenters. The summed E-state index contributed by atoms with van der Waals surface area (Å²) in [5.41, 5.74) is 0.00349. The summed E-state index contributed by atoms with van der Waals surface area (Å²) in [6, 6.07) is 3.74. The summed E-state index contributed by atoms with van der Waals surface area (Å²) in [4.78, 5) is 24.2. The molecular formula is C15H15F2NO3. The fraction of sp³-hybridized carbons (Fsp3) is 0.333. The number of carbonyl (C=O) groups excluding carboxylic acids is 1. The molecule has 0 spiro atoms. The fourth-order valence-corrected chi connectivity index (χ4v) is 2.26. The molecule has 1 aliphatic heterocycles. The van der Waals surface area contributed by atoms with Crippen molar-refractivity contribution >= 4 is 18.0 Å². The molecule has 1 amide bonds. The van der Waals surface area contributed by atoms with E-state index in [4.69, 9.17) is 5.11 Å². The Morgan fingerprint density at radius 2 is 1.90 bits per heavy atom. The van der Waals surface area contributed by atoms with E-state index in [1.54, 1.807) is 0 Å². The van der Waals surface area contributed by atoms with Crippen LogP contribution in [0.2, 0.25) is 0 Å². The van der Waals surface area contributed by atoms with Crippen LogP contribution in [0.15, 0.2) is 24.3 Å². The van der Waals surface area contributed by atoms with Crippen LogP contribution in [0.25, 0.3) is 6.08 Å². The molecule has 0 unspecified atom stereocenters. The zero-order chi connectivity index (χ0) is 15.4. The predicted octanol–water partition coefficient (Wildman–Crippen LogP) is 2.30. The Kier molecular flexibility index (Phi) is 4.67. The van der Waals surface area contributed by atoms with Crippen LogP contribution in [-0.2, 0) is 9.59 Å². The van der Waals surface area contributed by atoms with Gasteiger partial charge in [0.15, 0.2) is 11.6 Å². The summed E-state index contributed by atoms with van der Waals surface area (Å²) in [5.74, 6) is -3.56. The van der Waals surface area contributed by atoms with Crippen LogP contribution in [0, 0.1) is 17.6 Å². The number of halogens is 2. The van der Waals surface area contributed by atoms with Crippen molar-refractivity contribution in [3.63, 3.8) is 0 Å². The Balaban J connectivity index is 1.97. The van der Waals surface area contributed by atoms with Crippen LogP contribution in [0.3, 0.4) is 0 Å². The van der Waals surface area contributed by atoms with E-state index in [-0.39, 0.29) is 11.5 Å². The van der Waals surface area contributed by atoms with Gasteiger partial charge in [0, 0.05) is 24.7 Å². The highest BCUT2D eigenvalue weighted by atomic mass is 19.2. The second-order valence-electron chi connectivity index (χ2n) is 4.91. The SMILES string of the molecule is O=C(O)C1CCN(C(=O)/C=C/c2cccc(F)c2F)CC1. The molecule has 1 aliphatic rings. The van der Waals surface area contributed by atoms with E-state index >= 15 is 0 Å². The summed E-state index contributed by atoms with van der Waals surface area (Å²) in [6.07, 6.45) is 3.22. The maximum Gasteiger partial charge on any atom is 0.306 e. The van der Waals surface area contributed by atoms with Crippen molar-refractivity contribution in [2.45, 2.75) is 12.8 Å². The Hall–Kier alpha value is -2.24. The number of nitrogens with zero attached hydrogens (tertiary/aromatic N) is 1. The van der Waals surface area contributed by atoms with E-state index in [1.165, 1.54) is 29.2 Å². The lowest BCUT2D eigenvalue weighted by molar-refractivity contribution is -0.144. The molecule has 1 fully saturated rings. The van der Waals surface area contributed by atoms with Gasteiger partial charge in [-0.15, -0.1) is 0 Å². The van der Waals surface area contributed by atoms with Crippen molar-refractivity contribution in [3.8, 4) is 0 Å². The van der Waals surface area contributed by atoms with Gasteiger partial charge in [0.2, 0.25) is 5.91 Å². The van der Waals surface area contributed by atoms with E-state index in [9.17, 15) is 18.4 Å². The van der Waals surface area contributed by atoms with Crippen molar-refractivity contribution in [2.75, 3.05) is 13.1 Å². The maximum atomic E-state index is 13.4. The molecule has 1 N–H and O–H groups in total. The van der Waals surface area contributed by atoms with Gasteiger partial charge in [-0.3, -0.25) is 9.59 Å². The Bertz CT molecular complexity index is 578.